The molecule has 0 aromatic heterocycles. The van der Waals surface area contributed by atoms with Gasteiger partial charge in [-0.25, -0.2) is 9.36 Å². The normalized spacial score (nSPS) is 11.2. The van der Waals surface area contributed by atoms with E-state index in [1.165, 1.54) is 0 Å². The van der Waals surface area contributed by atoms with E-state index in [0.29, 0.717) is 40.7 Å². The van der Waals surface area contributed by atoms with E-state index in [2.05, 4.69) is 0 Å². The van der Waals surface area contributed by atoms with Gasteiger partial charge >= 0.3 is 13.8 Å². The summed E-state index contributed by atoms with van der Waals surface area (Å²) in [6, 6.07) is 13.6. The van der Waals surface area contributed by atoms with Gasteiger partial charge in [-0.1, -0.05) is 45.9 Å². The summed E-state index contributed by atoms with van der Waals surface area (Å²) in [6.07, 6.45) is 0. The second kappa shape index (κ2) is 15.4. The first-order valence-corrected chi connectivity index (χ1v) is 14.9. The maximum atomic E-state index is 12.6. The summed E-state index contributed by atoms with van der Waals surface area (Å²) >= 11 is 4.92. The number of benzene rings is 2. The summed E-state index contributed by atoms with van der Waals surface area (Å²) in [5, 5.41) is 0. The van der Waals surface area contributed by atoms with E-state index in [-0.39, 0.29) is 24.8 Å². The standard InChI is InChI=1S/C22H28NO7PS3/c1-3-27-31(25,28-4-2)29-14-16-34-33-15-13-26-20-8-6-5-7-19(20)22(24)30-18-11-9-17(10-12-18)21(23)32/h5-12H,3-4,13-16H2,1-2H3,(H2,23,32). The van der Waals surface area contributed by atoms with E-state index < -0.39 is 13.8 Å². The van der Waals surface area contributed by atoms with Gasteiger partial charge in [0.05, 0.1) is 26.4 Å². The minimum absolute atomic E-state index is 0.239. The van der Waals surface area contributed by atoms with E-state index in [1.807, 2.05) is 0 Å². The molecule has 0 aliphatic heterocycles. The number of para-hydroxylation sites is 1. The molecule has 0 radical (unpaired) electrons. The molecule has 0 heterocycles. The third-order valence-corrected chi connectivity index (χ3v) is 8.17. The molecule has 0 amide bonds. The van der Waals surface area contributed by atoms with Gasteiger partial charge in [-0.3, -0.25) is 13.6 Å². The summed E-state index contributed by atoms with van der Waals surface area (Å²) in [5.74, 6) is 1.57. The fraction of sp³-hybridized carbons (Fsp3) is 0.364. The van der Waals surface area contributed by atoms with Gasteiger partial charge in [0, 0.05) is 17.1 Å². The van der Waals surface area contributed by atoms with Gasteiger partial charge < -0.3 is 15.2 Å². The minimum Gasteiger partial charge on any atom is -0.492 e. The molecular weight excluding hydrogens is 517 g/mol. The Kier molecular flexibility index (Phi) is 13.0. The topological polar surface area (TPSA) is 106 Å². The van der Waals surface area contributed by atoms with E-state index in [1.54, 1.807) is 84.0 Å². The molecule has 0 spiro atoms. The van der Waals surface area contributed by atoms with Crippen LogP contribution in [0.25, 0.3) is 0 Å². The van der Waals surface area contributed by atoms with Crippen molar-refractivity contribution < 1.29 is 32.4 Å². The maximum absolute atomic E-state index is 12.6. The Hall–Kier alpha value is -1.59. The predicted octanol–water partition coefficient (Wildman–Crippen LogP) is 5.50. The largest absolute Gasteiger partial charge is 0.492 e. The molecule has 0 atom stereocenters. The van der Waals surface area contributed by atoms with E-state index in [0.717, 1.165) is 0 Å². The summed E-state index contributed by atoms with van der Waals surface area (Å²) in [6.45, 7) is 4.59. The van der Waals surface area contributed by atoms with E-state index >= 15 is 0 Å². The van der Waals surface area contributed by atoms with Crippen LogP contribution in [0.3, 0.4) is 0 Å². The van der Waals surface area contributed by atoms with Crippen LogP contribution in [0.2, 0.25) is 0 Å². The zero-order valence-corrected chi connectivity index (χ0v) is 22.3. The van der Waals surface area contributed by atoms with E-state index in [4.69, 9.17) is 41.0 Å². The van der Waals surface area contributed by atoms with Gasteiger partial charge in [-0.2, -0.15) is 0 Å². The van der Waals surface area contributed by atoms with Crippen LogP contribution < -0.4 is 15.2 Å². The Morgan fingerprint density at radius 3 is 2.18 bits per heavy atom. The van der Waals surface area contributed by atoms with Gasteiger partial charge in [0.1, 0.15) is 22.1 Å². The fourth-order valence-electron chi connectivity index (χ4n) is 2.53. The lowest BCUT2D eigenvalue weighted by atomic mass is 10.2. The number of esters is 1. The number of phosphoric acid groups is 1. The lowest BCUT2D eigenvalue weighted by molar-refractivity contribution is 0.0730. The Morgan fingerprint density at radius 2 is 1.56 bits per heavy atom. The van der Waals surface area contributed by atoms with Crippen LogP contribution in [0, 0.1) is 0 Å². The van der Waals surface area contributed by atoms with Crippen LogP contribution in [0.5, 0.6) is 11.5 Å². The molecule has 2 aromatic rings. The highest BCUT2D eigenvalue weighted by Crippen LogP contribution is 2.49. The number of nitrogens with two attached hydrogens (primary N) is 1. The van der Waals surface area contributed by atoms with Crippen molar-refractivity contribution in [3.63, 3.8) is 0 Å². The molecule has 0 aliphatic rings. The van der Waals surface area contributed by atoms with Crippen LogP contribution >= 0.6 is 41.6 Å². The fourth-order valence-corrected chi connectivity index (χ4v) is 5.61. The molecule has 2 rings (SSSR count). The third kappa shape index (κ3) is 9.95. The van der Waals surface area contributed by atoms with E-state index in [9.17, 15) is 9.36 Å². The number of carbonyl (C=O) groups excluding carboxylic acids is 1. The number of hydrogen-bond donors (Lipinski definition) is 1. The highest BCUT2D eigenvalue weighted by atomic mass is 33.1. The Morgan fingerprint density at radius 1 is 0.941 bits per heavy atom. The van der Waals surface area contributed by atoms with Gasteiger partial charge in [0.25, 0.3) is 0 Å². The minimum atomic E-state index is -3.47. The highest BCUT2D eigenvalue weighted by molar-refractivity contribution is 8.76. The Labute approximate surface area is 213 Å². The third-order valence-electron chi connectivity index (χ3n) is 3.95. The van der Waals surface area contributed by atoms with Crippen LogP contribution in [-0.4, -0.2) is 48.9 Å². The monoisotopic (exact) mass is 545 g/mol. The summed E-state index contributed by atoms with van der Waals surface area (Å²) < 4.78 is 38.9. The van der Waals surface area contributed by atoms with Crippen molar-refractivity contribution in [3.05, 3.63) is 59.7 Å². The van der Waals surface area contributed by atoms with Gasteiger partial charge in [0.2, 0.25) is 0 Å². The first kappa shape index (κ1) is 28.6. The molecule has 8 nitrogen and oxygen atoms in total. The molecule has 2 N–H and O–H groups in total. The summed E-state index contributed by atoms with van der Waals surface area (Å²) in [5.41, 5.74) is 6.60. The zero-order chi connectivity index (χ0) is 24.8. The van der Waals surface area contributed by atoms with Gasteiger partial charge in [-0.15, -0.1) is 0 Å². The first-order chi connectivity index (χ1) is 16.4. The molecule has 0 aliphatic carbocycles. The van der Waals surface area contributed by atoms with Crippen LogP contribution in [0.4, 0.5) is 0 Å². The SMILES string of the molecule is CCOP(=O)(OCC)OCCSSCCOc1ccccc1C(=O)Oc1ccc(C(N)=S)cc1. The van der Waals surface area contributed by atoms with Crippen LogP contribution in [0.15, 0.2) is 48.5 Å². The summed E-state index contributed by atoms with van der Waals surface area (Å²) in [4.78, 5) is 12.9. The number of rotatable bonds is 16. The molecule has 0 saturated carbocycles. The lowest BCUT2D eigenvalue weighted by Crippen LogP contribution is -2.12. The summed E-state index contributed by atoms with van der Waals surface area (Å²) in [7, 11) is -0.346. The zero-order valence-electron chi connectivity index (χ0n) is 19.0. The molecule has 0 bridgehead atoms. The average Bonchev–Trinajstić information content (AvgIpc) is 2.81. The molecule has 0 saturated heterocycles. The second-order valence-electron chi connectivity index (χ2n) is 6.38. The van der Waals surface area contributed by atoms with Crippen molar-refractivity contribution in [2.45, 2.75) is 13.8 Å². The molecule has 186 valence electrons. The number of ether oxygens (including phenoxy) is 2. The van der Waals surface area contributed by atoms with Crippen LogP contribution in [0.1, 0.15) is 29.8 Å². The Balaban J connectivity index is 1.74. The van der Waals surface area contributed by atoms with Crippen molar-refractivity contribution in [2.75, 3.05) is 37.9 Å². The van der Waals surface area contributed by atoms with Gasteiger partial charge in [-0.05, 0) is 50.2 Å². The van der Waals surface area contributed by atoms with Crippen molar-refractivity contribution in [1.82, 2.24) is 0 Å². The molecule has 12 heteroatoms. The smallest absolute Gasteiger partial charge is 0.474 e. The Bertz CT molecular complexity index is 965. The van der Waals surface area contributed by atoms with Crippen molar-refractivity contribution in [3.8, 4) is 11.5 Å². The van der Waals surface area contributed by atoms with Crippen molar-refractivity contribution in [1.29, 1.82) is 0 Å². The average molecular weight is 546 g/mol. The first-order valence-electron chi connectivity index (χ1n) is 10.5. The van der Waals surface area contributed by atoms with Crippen molar-refractivity contribution in [2.24, 2.45) is 5.73 Å². The predicted molar refractivity (Wildman–Crippen MR) is 141 cm³/mol. The van der Waals surface area contributed by atoms with Crippen LogP contribution in [-0.2, 0) is 18.1 Å². The molecule has 34 heavy (non-hydrogen) atoms. The maximum Gasteiger partial charge on any atom is 0.474 e. The van der Waals surface area contributed by atoms with Gasteiger partial charge in [0.15, 0.2) is 0 Å². The highest BCUT2D eigenvalue weighted by Gasteiger charge is 2.24. The molecule has 0 unspecified atom stereocenters. The number of thiocarbonyl (C=S) groups is 1. The second-order valence-corrected chi connectivity index (χ2v) is 11.2. The number of hydrogen-bond acceptors (Lipinski definition) is 10. The number of phosphoric ester groups is 1. The lowest BCUT2D eigenvalue weighted by Gasteiger charge is -2.16. The number of carbonyl (C=O) groups is 1. The molecule has 0 fully saturated rings. The quantitative estimate of drug-likeness (QED) is 0.0722. The van der Waals surface area contributed by atoms with Crippen molar-refractivity contribution >= 4 is 52.6 Å². The molecule has 2 aromatic carbocycles. The molecular formula is C22H28NO7PS3.